The van der Waals surface area contributed by atoms with E-state index in [0.717, 1.165) is 5.69 Å². The summed E-state index contributed by atoms with van der Waals surface area (Å²) in [6, 6.07) is 23.6. The van der Waals surface area contributed by atoms with Gasteiger partial charge in [0.15, 0.2) is 5.82 Å². The molecule has 0 aliphatic heterocycles. The number of benzene rings is 3. The summed E-state index contributed by atoms with van der Waals surface area (Å²) < 4.78 is 7.46. The lowest BCUT2D eigenvalue weighted by atomic mass is 10.1. The molecule has 27 heavy (non-hydrogen) atoms. The van der Waals surface area contributed by atoms with Gasteiger partial charge in [-0.25, -0.2) is 4.79 Å². The van der Waals surface area contributed by atoms with Crippen LogP contribution in [-0.2, 0) is 0 Å². The zero-order chi connectivity index (χ0) is 18.6. The quantitative estimate of drug-likeness (QED) is 0.379. The SMILES string of the molecule is O=C(Oc1ccccc1-c1nncn1-c1ccccc1)c1cccc(Cl)c1. The van der Waals surface area contributed by atoms with E-state index in [4.69, 9.17) is 16.3 Å². The summed E-state index contributed by atoms with van der Waals surface area (Å²) in [5.74, 6) is 0.485. The van der Waals surface area contributed by atoms with Crippen LogP contribution in [0.15, 0.2) is 85.2 Å². The average molecular weight is 376 g/mol. The summed E-state index contributed by atoms with van der Waals surface area (Å²) in [4.78, 5) is 12.5. The lowest BCUT2D eigenvalue weighted by Crippen LogP contribution is -2.09. The van der Waals surface area contributed by atoms with E-state index in [0.29, 0.717) is 27.7 Å². The Balaban J connectivity index is 1.71. The smallest absolute Gasteiger partial charge is 0.343 e. The topological polar surface area (TPSA) is 57.0 Å². The fourth-order valence-corrected chi connectivity index (χ4v) is 2.90. The molecule has 0 N–H and O–H groups in total. The second kappa shape index (κ2) is 7.43. The van der Waals surface area contributed by atoms with Gasteiger partial charge in [-0.3, -0.25) is 4.57 Å². The molecule has 0 saturated carbocycles. The van der Waals surface area contributed by atoms with Gasteiger partial charge in [0, 0.05) is 10.7 Å². The van der Waals surface area contributed by atoms with E-state index < -0.39 is 5.97 Å². The standard InChI is InChI=1S/C21H14ClN3O2/c22-16-8-6-7-15(13-16)21(26)27-19-12-5-4-11-18(19)20-24-23-14-25(20)17-9-2-1-3-10-17/h1-14H. The second-order valence-electron chi connectivity index (χ2n) is 5.76. The molecule has 0 spiro atoms. The highest BCUT2D eigenvalue weighted by Crippen LogP contribution is 2.30. The summed E-state index contributed by atoms with van der Waals surface area (Å²) in [5, 5.41) is 8.71. The fraction of sp³-hybridized carbons (Fsp3) is 0. The minimum atomic E-state index is -0.490. The normalized spacial score (nSPS) is 10.6. The van der Waals surface area contributed by atoms with Crippen LogP contribution >= 0.6 is 11.6 Å². The molecule has 1 heterocycles. The van der Waals surface area contributed by atoms with E-state index in [1.165, 1.54) is 0 Å². The summed E-state index contributed by atoms with van der Waals surface area (Å²) in [6.45, 7) is 0. The largest absolute Gasteiger partial charge is 0.422 e. The van der Waals surface area contributed by atoms with Crippen LogP contribution in [-0.4, -0.2) is 20.7 Å². The zero-order valence-electron chi connectivity index (χ0n) is 14.1. The van der Waals surface area contributed by atoms with E-state index in [1.54, 1.807) is 42.7 Å². The van der Waals surface area contributed by atoms with Crippen molar-refractivity contribution in [2.24, 2.45) is 0 Å². The Morgan fingerprint density at radius 1 is 0.926 bits per heavy atom. The van der Waals surface area contributed by atoms with Crippen LogP contribution in [0.4, 0.5) is 0 Å². The third-order valence-corrected chi connectivity index (χ3v) is 4.21. The van der Waals surface area contributed by atoms with E-state index in [9.17, 15) is 4.79 Å². The number of para-hydroxylation sites is 2. The van der Waals surface area contributed by atoms with Gasteiger partial charge in [0.2, 0.25) is 0 Å². The van der Waals surface area contributed by atoms with Gasteiger partial charge in [-0.05, 0) is 42.5 Å². The predicted molar refractivity (Wildman–Crippen MR) is 103 cm³/mol. The van der Waals surface area contributed by atoms with Crippen molar-refractivity contribution in [3.05, 3.63) is 95.8 Å². The van der Waals surface area contributed by atoms with Crippen LogP contribution in [0.3, 0.4) is 0 Å². The van der Waals surface area contributed by atoms with Gasteiger partial charge < -0.3 is 4.74 Å². The lowest BCUT2D eigenvalue weighted by Gasteiger charge is -2.11. The number of ether oxygens (including phenoxy) is 1. The highest BCUT2D eigenvalue weighted by Gasteiger charge is 2.17. The molecule has 0 atom stereocenters. The molecule has 0 fully saturated rings. The van der Waals surface area contributed by atoms with E-state index >= 15 is 0 Å². The van der Waals surface area contributed by atoms with Crippen LogP contribution in [0, 0.1) is 0 Å². The summed E-state index contributed by atoms with van der Waals surface area (Å²) >= 11 is 5.96. The van der Waals surface area contributed by atoms with Crippen molar-refractivity contribution in [1.29, 1.82) is 0 Å². The van der Waals surface area contributed by atoms with Crippen LogP contribution < -0.4 is 4.74 Å². The Labute approximate surface area is 160 Å². The highest BCUT2D eigenvalue weighted by atomic mass is 35.5. The zero-order valence-corrected chi connectivity index (χ0v) is 14.9. The minimum absolute atomic E-state index is 0.377. The van der Waals surface area contributed by atoms with Crippen LogP contribution in [0.25, 0.3) is 17.1 Å². The Morgan fingerprint density at radius 3 is 2.52 bits per heavy atom. The summed E-state index contributed by atoms with van der Waals surface area (Å²) in [5.41, 5.74) is 1.95. The van der Waals surface area contributed by atoms with Crippen molar-refractivity contribution in [3.63, 3.8) is 0 Å². The van der Waals surface area contributed by atoms with Gasteiger partial charge in [-0.2, -0.15) is 0 Å². The molecule has 1 aromatic heterocycles. The van der Waals surface area contributed by atoms with Crippen molar-refractivity contribution in [3.8, 4) is 22.8 Å². The molecule has 132 valence electrons. The Kier molecular flexibility index (Phi) is 4.68. The van der Waals surface area contributed by atoms with Crippen molar-refractivity contribution in [2.75, 3.05) is 0 Å². The van der Waals surface area contributed by atoms with Gasteiger partial charge in [0.1, 0.15) is 12.1 Å². The average Bonchev–Trinajstić information content (AvgIpc) is 3.19. The first-order valence-corrected chi connectivity index (χ1v) is 8.63. The third kappa shape index (κ3) is 3.59. The van der Waals surface area contributed by atoms with Crippen molar-refractivity contribution < 1.29 is 9.53 Å². The first kappa shape index (κ1) is 17.0. The molecule has 4 aromatic rings. The lowest BCUT2D eigenvalue weighted by molar-refractivity contribution is 0.0735. The Morgan fingerprint density at radius 2 is 1.70 bits per heavy atom. The number of esters is 1. The predicted octanol–water partition coefficient (Wildman–Crippen LogP) is 4.81. The minimum Gasteiger partial charge on any atom is -0.422 e. The van der Waals surface area contributed by atoms with Crippen LogP contribution in [0.1, 0.15) is 10.4 Å². The fourth-order valence-electron chi connectivity index (χ4n) is 2.71. The van der Waals surface area contributed by atoms with Crippen molar-refractivity contribution in [1.82, 2.24) is 14.8 Å². The van der Waals surface area contributed by atoms with Crippen LogP contribution in [0.5, 0.6) is 5.75 Å². The first-order valence-electron chi connectivity index (χ1n) is 8.25. The molecular formula is C21H14ClN3O2. The Bertz CT molecular complexity index is 1090. The number of carbonyl (C=O) groups excluding carboxylic acids is 1. The number of hydrogen-bond donors (Lipinski definition) is 0. The summed E-state index contributed by atoms with van der Waals surface area (Å²) in [6.07, 6.45) is 1.63. The maximum absolute atomic E-state index is 12.5. The number of halogens is 1. The van der Waals surface area contributed by atoms with E-state index in [1.807, 2.05) is 47.0 Å². The van der Waals surface area contributed by atoms with Crippen molar-refractivity contribution >= 4 is 17.6 Å². The molecule has 0 bridgehead atoms. The Hall–Kier alpha value is -3.44. The van der Waals surface area contributed by atoms with Gasteiger partial charge in [-0.1, -0.05) is 48.0 Å². The number of aromatic nitrogens is 3. The molecule has 0 unspecified atom stereocenters. The molecule has 0 aliphatic carbocycles. The number of carbonyl (C=O) groups is 1. The molecule has 4 rings (SSSR count). The molecular weight excluding hydrogens is 362 g/mol. The van der Waals surface area contributed by atoms with Gasteiger partial charge in [-0.15, -0.1) is 10.2 Å². The molecule has 0 saturated heterocycles. The van der Waals surface area contributed by atoms with Gasteiger partial charge >= 0.3 is 5.97 Å². The maximum atomic E-state index is 12.5. The second-order valence-corrected chi connectivity index (χ2v) is 6.19. The first-order chi connectivity index (χ1) is 13.2. The van der Waals surface area contributed by atoms with E-state index in [2.05, 4.69) is 10.2 Å². The third-order valence-electron chi connectivity index (χ3n) is 3.97. The number of rotatable bonds is 4. The monoisotopic (exact) mass is 375 g/mol. The molecule has 0 radical (unpaired) electrons. The molecule has 3 aromatic carbocycles. The number of hydrogen-bond acceptors (Lipinski definition) is 4. The van der Waals surface area contributed by atoms with Crippen LogP contribution in [0.2, 0.25) is 5.02 Å². The van der Waals surface area contributed by atoms with Gasteiger partial charge in [0.25, 0.3) is 0 Å². The highest BCUT2D eigenvalue weighted by molar-refractivity contribution is 6.30. The summed E-state index contributed by atoms with van der Waals surface area (Å²) in [7, 11) is 0. The van der Waals surface area contributed by atoms with Crippen molar-refractivity contribution in [2.45, 2.75) is 0 Å². The molecule has 5 nitrogen and oxygen atoms in total. The molecule has 6 heteroatoms. The molecule has 0 amide bonds. The van der Waals surface area contributed by atoms with Gasteiger partial charge in [0.05, 0.1) is 11.1 Å². The number of nitrogens with zero attached hydrogens (tertiary/aromatic N) is 3. The maximum Gasteiger partial charge on any atom is 0.343 e. The molecule has 0 aliphatic rings. The van der Waals surface area contributed by atoms with E-state index in [-0.39, 0.29) is 0 Å².